The molecule has 162 valence electrons. The maximum Gasteiger partial charge on any atom is 0.276 e. The van der Waals surface area contributed by atoms with Crippen LogP contribution in [-0.4, -0.2) is 54.9 Å². The van der Waals surface area contributed by atoms with Gasteiger partial charge in [0.05, 0.1) is 0 Å². The Morgan fingerprint density at radius 3 is 2.35 bits per heavy atom. The summed E-state index contributed by atoms with van der Waals surface area (Å²) in [5.74, 6) is -1.91. The minimum absolute atomic E-state index is 0.0636. The van der Waals surface area contributed by atoms with Gasteiger partial charge in [0, 0.05) is 42.8 Å². The first-order valence-corrected chi connectivity index (χ1v) is 11.0. The van der Waals surface area contributed by atoms with Gasteiger partial charge in [-0.2, -0.15) is 4.31 Å². The average molecular weight is 468 g/mol. The second-order valence-corrected chi connectivity index (χ2v) is 9.20. The van der Waals surface area contributed by atoms with Crippen molar-refractivity contribution in [2.24, 2.45) is 0 Å². The first-order valence-electron chi connectivity index (χ1n) is 9.23. The van der Waals surface area contributed by atoms with Crippen LogP contribution in [0.4, 0.5) is 8.78 Å². The van der Waals surface area contributed by atoms with Crippen LogP contribution < -0.4 is 0 Å². The molecule has 7 nitrogen and oxygen atoms in total. The van der Waals surface area contributed by atoms with Crippen molar-refractivity contribution in [2.75, 3.05) is 26.2 Å². The number of aromatic nitrogens is 1. The van der Waals surface area contributed by atoms with Gasteiger partial charge in [-0.05, 0) is 42.5 Å². The van der Waals surface area contributed by atoms with E-state index < -0.39 is 32.5 Å². The van der Waals surface area contributed by atoms with Crippen LogP contribution in [0, 0.1) is 11.6 Å². The molecule has 1 aliphatic rings. The third kappa shape index (κ3) is 4.32. The van der Waals surface area contributed by atoms with E-state index in [1.807, 2.05) is 0 Å². The molecular weight excluding hydrogens is 452 g/mol. The van der Waals surface area contributed by atoms with Gasteiger partial charge in [0.2, 0.25) is 10.0 Å². The second kappa shape index (κ2) is 8.37. The predicted octanol–water partition coefficient (Wildman–Crippen LogP) is 3.42. The highest BCUT2D eigenvalue weighted by atomic mass is 35.5. The SMILES string of the molecule is O=C(c1cc(-c2ccc(Cl)cc2)on1)N1CCN(S(=O)(=O)c2cc(F)ccc2F)CC1. The molecule has 0 unspecified atom stereocenters. The number of hydrogen-bond donors (Lipinski definition) is 0. The number of halogens is 3. The molecule has 1 fully saturated rings. The molecule has 2 heterocycles. The van der Waals surface area contributed by atoms with Gasteiger partial charge < -0.3 is 9.42 Å². The molecular formula is C20H16ClF2N3O4S. The highest BCUT2D eigenvalue weighted by Crippen LogP contribution is 2.24. The third-order valence-corrected chi connectivity index (χ3v) is 7.06. The van der Waals surface area contributed by atoms with Crippen molar-refractivity contribution < 1.29 is 26.5 Å². The first kappa shape index (κ1) is 21.4. The van der Waals surface area contributed by atoms with Gasteiger partial charge in [-0.3, -0.25) is 4.79 Å². The predicted molar refractivity (Wildman–Crippen MR) is 108 cm³/mol. The molecule has 0 radical (unpaired) electrons. The molecule has 4 rings (SSSR count). The molecule has 0 saturated carbocycles. The fraction of sp³-hybridized carbons (Fsp3) is 0.200. The van der Waals surface area contributed by atoms with Crippen LogP contribution in [0.15, 0.2) is 57.9 Å². The van der Waals surface area contributed by atoms with Crippen molar-refractivity contribution in [3.63, 3.8) is 0 Å². The van der Waals surface area contributed by atoms with Gasteiger partial charge in [0.15, 0.2) is 11.5 Å². The lowest BCUT2D eigenvalue weighted by Gasteiger charge is -2.33. The maximum absolute atomic E-state index is 13.9. The molecule has 0 bridgehead atoms. The Hall–Kier alpha value is -2.82. The minimum atomic E-state index is -4.23. The summed E-state index contributed by atoms with van der Waals surface area (Å²) < 4.78 is 59.0. The monoisotopic (exact) mass is 467 g/mol. The van der Waals surface area contributed by atoms with E-state index in [0.29, 0.717) is 22.4 Å². The van der Waals surface area contributed by atoms with Gasteiger partial charge in [0.25, 0.3) is 5.91 Å². The molecule has 1 aromatic heterocycles. The smallest absolute Gasteiger partial charge is 0.276 e. The number of piperazine rings is 1. The number of amides is 1. The van der Waals surface area contributed by atoms with Crippen molar-refractivity contribution in [2.45, 2.75) is 4.90 Å². The van der Waals surface area contributed by atoms with E-state index in [0.717, 1.165) is 16.4 Å². The molecule has 3 aromatic rings. The van der Waals surface area contributed by atoms with Crippen LogP contribution in [0.25, 0.3) is 11.3 Å². The van der Waals surface area contributed by atoms with E-state index >= 15 is 0 Å². The topological polar surface area (TPSA) is 83.7 Å². The molecule has 0 atom stereocenters. The largest absolute Gasteiger partial charge is 0.355 e. The second-order valence-electron chi connectivity index (χ2n) is 6.85. The molecule has 0 aliphatic carbocycles. The summed E-state index contributed by atoms with van der Waals surface area (Å²) in [4.78, 5) is 13.4. The lowest BCUT2D eigenvalue weighted by molar-refractivity contribution is 0.0687. The zero-order valence-corrected chi connectivity index (χ0v) is 17.5. The zero-order valence-electron chi connectivity index (χ0n) is 16.0. The Morgan fingerprint density at radius 1 is 1.00 bits per heavy atom. The van der Waals surface area contributed by atoms with Gasteiger partial charge in [-0.15, -0.1) is 0 Å². The Balaban J connectivity index is 1.45. The van der Waals surface area contributed by atoms with Crippen molar-refractivity contribution in [3.05, 3.63) is 70.9 Å². The number of carbonyl (C=O) groups excluding carboxylic acids is 1. The Kier molecular flexibility index (Phi) is 5.78. The quantitative estimate of drug-likeness (QED) is 0.587. The van der Waals surface area contributed by atoms with Crippen molar-refractivity contribution in [3.8, 4) is 11.3 Å². The van der Waals surface area contributed by atoms with Gasteiger partial charge in [-0.1, -0.05) is 16.8 Å². The Labute approximate surface area is 181 Å². The van der Waals surface area contributed by atoms with Crippen LogP contribution >= 0.6 is 11.6 Å². The summed E-state index contributed by atoms with van der Waals surface area (Å²) in [5.41, 5.74) is 0.779. The highest BCUT2D eigenvalue weighted by Gasteiger charge is 2.33. The number of rotatable bonds is 4. The lowest BCUT2D eigenvalue weighted by atomic mass is 10.1. The Morgan fingerprint density at radius 2 is 1.68 bits per heavy atom. The molecule has 0 N–H and O–H groups in total. The minimum Gasteiger partial charge on any atom is -0.355 e. The standard InChI is InChI=1S/C20H16ClF2N3O4S/c21-14-3-1-13(2-4-14)18-12-17(24-30-18)20(27)25-7-9-26(10-8-25)31(28,29)19-11-15(22)5-6-16(19)23/h1-6,11-12H,7-10H2. The molecule has 2 aromatic carbocycles. The summed E-state index contributed by atoms with van der Waals surface area (Å²) in [6.07, 6.45) is 0. The van der Waals surface area contributed by atoms with E-state index in [-0.39, 0.29) is 31.9 Å². The number of hydrogen-bond acceptors (Lipinski definition) is 5. The van der Waals surface area contributed by atoms with Crippen LogP contribution in [0.3, 0.4) is 0 Å². The molecule has 0 spiro atoms. The van der Waals surface area contributed by atoms with Crippen molar-refractivity contribution >= 4 is 27.5 Å². The third-order valence-electron chi connectivity index (χ3n) is 4.89. The summed E-state index contributed by atoms with van der Waals surface area (Å²) in [7, 11) is -4.23. The first-order chi connectivity index (χ1) is 14.8. The molecule has 11 heteroatoms. The summed E-state index contributed by atoms with van der Waals surface area (Å²) in [5, 5.41) is 4.37. The van der Waals surface area contributed by atoms with E-state index in [2.05, 4.69) is 5.16 Å². The van der Waals surface area contributed by atoms with E-state index in [4.69, 9.17) is 16.1 Å². The number of benzene rings is 2. The zero-order chi connectivity index (χ0) is 22.2. The molecule has 1 saturated heterocycles. The van der Waals surface area contributed by atoms with E-state index in [9.17, 15) is 22.0 Å². The highest BCUT2D eigenvalue weighted by molar-refractivity contribution is 7.89. The number of nitrogens with zero attached hydrogens (tertiary/aromatic N) is 3. The summed E-state index contributed by atoms with van der Waals surface area (Å²) in [6, 6.07) is 10.6. The van der Waals surface area contributed by atoms with Crippen molar-refractivity contribution in [1.29, 1.82) is 0 Å². The van der Waals surface area contributed by atoms with Gasteiger partial charge in [-0.25, -0.2) is 17.2 Å². The fourth-order valence-corrected chi connectivity index (χ4v) is 4.86. The van der Waals surface area contributed by atoms with Crippen LogP contribution in [0.2, 0.25) is 5.02 Å². The van der Waals surface area contributed by atoms with E-state index in [1.54, 1.807) is 24.3 Å². The van der Waals surface area contributed by atoms with Crippen molar-refractivity contribution in [1.82, 2.24) is 14.4 Å². The van der Waals surface area contributed by atoms with Crippen LogP contribution in [0.1, 0.15) is 10.5 Å². The van der Waals surface area contributed by atoms with E-state index in [1.165, 1.54) is 11.0 Å². The van der Waals surface area contributed by atoms with Crippen LogP contribution in [-0.2, 0) is 10.0 Å². The van der Waals surface area contributed by atoms with Gasteiger partial charge >= 0.3 is 0 Å². The molecule has 1 amide bonds. The maximum atomic E-state index is 13.9. The molecule has 1 aliphatic heterocycles. The number of sulfonamides is 1. The Bertz CT molecular complexity index is 1220. The normalized spacial score (nSPS) is 15.3. The van der Waals surface area contributed by atoms with Crippen LogP contribution in [0.5, 0.6) is 0 Å². The number of carbonyl (C=O) groups is 1. The lowest BCUT2D eigenvalue weighted by Crippen LogP contribution is -2.50. The fourth-order valence-electron chi connectivity index (χ4n) is 3.23. The summed E-state index contributed by atoms with van der Waals surface area (Å²) in [6.45, 7) is 0.00805. The summed E-state index contributed by atoms with van der Waals surface area (Å²) >= 11 is 5.86. The molecule has 31 heavy (non-hydrogen) atoms. The average Bonchev–Trinajstić information content (AvgIpc) is 3.25. The van der Waals surface area contributed by atoms with Gasteiger partial charge in [0.1, 0.15) is 16.5 Å².